The summed E-state index contributed by atoms with van der Waals surface area (Å²) >= 11 is 5.96. The minimum atomic E-state index is -0.560. The van der Waals surface area contributed by atoms with Gasteiger partial charge in [-0.15, -0.1) is 0 Å². The number of nitrogens with zero attached hydrogens (tertiary/aromatic N) is 2. The summed E-state index contributed by atoms with van der Waals surface area (Å²) in [5.74, 6) is 0. The van der Waals surface area contributed by atoms with Crippen LogP contribution in [-0.2, 0) is 11.3 Å². The highest BCUT2D eigenvalue weighted by Gasteiger charge is 2.16. The van der Waals surface area contributed by atoms with Crippen molar-refractivity contribution in [3.8, 4) is 0 Å². The lowest BCUT2D eigenvalue weighted by atomic mass is 10.1. The van der Waals surface area contributed by atoms with Crippen LogP contribution in [0, 0.1) is 0 Å². The number of aliphatic hydroxyl groups excluding tert-OH is 1. The number of ether oxygens (including phenoxy) is 1. The molecule has 0 saturated heterocycles. The number of halogens is 1. The molecule has 0 aromatic carbocycles. The average Bonchev–Trinajstić information content (AvgIpc) is 2.59. The lowest BCUT2D eigenvalue weighted by molar-refractivity contribution is 0.129. The van der Waals surface area contributed by atoms with E-state index in [1.165, 1.54) is 0 Å². The molecule has 5 heteroatoms. The van der Waals surface area contributed by atoms with Gasteiger partial charge in [-0.25, -0.2) is 0 Å². The number of methoxy groups -OCH3 is 1. The van der Waals surface area contributed by atoms with Gasteiger partial charge in [-0.2, -0.15) is 5.10 Å². The third kappa shape index (κ3) is 3.19. The van der Waals surface area contributed by atoms with Crippen molar-refractivity contribution in [2.24, 2.45) is 0 Å². The molecule has 0 bridgehead atoms. The van der Waals surface area contributed by atoms with E-state index in [4.69, 9.17) is 16.3 Å². The first-order valence-corrected chi connectivity index (χ1v) is 5.46. The molecule has 1 aromatic rings. The molecule has 0 aliphatic heterocycles. The van der Waals surface area contributed by atoms with Crippen molar-refractivity contribution in [1.29, 1.82) is 0 Å². The van der Waals surface area contributed by atoms with Gasteiger partial charge in [-0.05, 0) is 19.8 Å². The van der Waals surface area contributed by atoms with Crippen LogP contribution in [0.3, 0.4) is 0 Å². The zero-order chi connectivity index (χ0) is 11.3. The predicted octanol–water partition coefficient (Wildman–Crippen LogP) is 2.02. The van der Waals surface area contributed by atoms with Gasteiger partial charge >= 0.3 is 0 Å². The fraction of sp³-hybridized carbons (Fsp3) is 0.700. The lowest BCUT2D eigenvalue weighted by Gasteiger charge is -2.12. The smallest absolute Gasteiger partial charge is 0.0972 e. The molecule has 15 heavy (non-hydrogen) atoms. The second-order valence-corrected chi connectivity index (χ2v) is 3.75. The summed E-state index contributed by atoms with van der Waals surface area (Å²) in [6, 6.07) is 0. The van der Waals surface area contributed by atoms with Crippen LogP contribution in [0.2, 0.25) is 5.02 Å². The summed E-state index contributed by atoms with van der Waals surface area (Å²) in [5.41, 5.74) is 0.704. The van der Waals surface area contributed by atoms with Gasteiger partial charge in [0.1, 0.15) is 0 Å². The molecule has 1 unspecified atom stereocenters. The molecular formula is C10H17ClN2O2. The van der Waals surface area contributed by atoms with Crippen LogP contribution >= 0.6 is 11.6 Å². The van der Waals surface area contributed by atoms with E-state index in [1.807, 2.05) is 6.92 Å². The number of rotatable bonds is 6. The van der Waals surface area contributed by atoms with E-state index in [0.717, 1.165) is 6.42 Å². The molecule has 0 amide bonds. The molecule has 1 aromatic heterocycles. The van der Waals surface area contributed by atoms with Crippen LogP contribution in [0.15, 0.2) is 6.20 Å². The van der Waals surface area contributed by atoms with E-state index in [-0.39, 0.29) is 0 Å². The van der Waals surface area contributed by atoms with Gasteiger partial charge in [0, 0.05) is 20.3 Å². The molecular weight excluding hydrogens is 216 g/mol. The third-order valence-corrected chi connectivity index (χ3v) is 2.57. The minimum absolute atomic E-state index is 0.529. The second-order valence-electron chi connectivity index (χ2n) is 3.34. The predicted molar refractivity (Wildman–Crippen MR) is 59.0 cm³/mol. The number of aromatic nitrogens is 2. The summed E-state index contributed by atoms with van der Waals surface area (Å²) < 4.78 is 6.65. The van der Waals surface area contributed by atoms with Crippen molar-refractivity contribution < 1.29 is 9.84 Å². The van der Waals surface area contributed by atoms with E-state index in [9.17, 15) is 5.11 Å². The van der Waals surface area contributed by atoms with E-state index in [1.54, 1.807) is 18.0 Å². The van der Waals surface area contributed by atoms with Gasteiger partial charge in [-0.1, -0.05) is 11.6 Å². The molecule has 0 saturated carbocycles. The highest BCUT2D eigenvalue weighted by molar-refractivity contribution is 6.31. The van der Waals surface area contributed by atoms with Gasteiger partial charge in [0.25, 0.3) is 0 Å². The molecule has 0 spiro atoms. The maximum atomic E-state index is 9.93. The Morgan fingerprint density at radius 1 is 1.67 bits per heavy atom. The number of aryl methyl sites for hydroxylation is 1. The second kappa shape index (κ2) is 6.10. The fourth-order valence-corrected chi connectivity index (χ4v) is 1.78. The van der Waals surface area contributed by atoms with Gasteiger partial charge < -0.3 is 9.84 Å². The van der Waals surface area contributed by atoms with E-state index >= 15 is 0 Å². The van der Waals surface area contributed by atoms with Gasteiger partial charge in [0.05, 0.1) is 23.0 Å². The highest BCUT2D eigenvalue weighted by Crippen LogP contribution is 2.25. The van der Waals surface area contributed by atoms with Crippen molar-refractivity contribution >= 4 is 11.6 Å². The Morgan fingerprint density at radius 3 is 3.00 bits per heavy atom. The molecule has 1 heterocycles. The first-order valence-electron chi connectivity index (χ1n) is 5.08. The maximum Gasteiger partial charge on any atom is 0.0972 e. The van der Waals surface area contributed by atoms with Gasteiger partial charge in [-0.3, -0.25) is 4.68 Å². The van der Waals surface area contributed by atoms with Crippen LogP contribution in [0.1, 0.15) is 31.6 Å². The SMILES string of the molecule is CCn1ncc(Cl)c1C(O)CCCOC. The Bertz CT molecular complexity index is 302. The van der Waals surface area contributed by atoms with Crippen molar-refractivity contribution in [3.05, 3.63) is 16.9 Å². The average molecular weight is 233 g/mol. The van der Waals surface area contributed by atoms with Crippen LogP contribution in [0.25, 0.3) is 0 Å². The zero-order valence-electron chi connectivity index (χ0n) is 9.11. The largest absolute Gasteiger partial charge is 0.387 e. The van der Waals surface area contributed by atoms with Crippen LogP contribution in [0.5, 0.6) is 0 Å². The van der Waals surface area contributed by atoms with Crippen LogP contribution < -0.4 is 0 Å². The van der Waals surface area contributed by atoms with Crippen molar-refractivity contribution in [3.63, 3.8) is 0 Å². The quantitative estimate of drug-likeness (QED) is 0.764. The fourth-order valence-electron chi connectivity index (χ4n) is 1.51. The summed E-state index contributed by atoms with van der Waals surface area (Å²) in [7, 11) is 1.65. The monoisotopic (exact) mass is 232 g/mol. The Hall–Kier alpha value is -0.580. The Kier molecular flexibility index (Phi) is 5.08. The van der Waals surface area contributed by atoms with Crippen LogP contribution in [0.4, 0.5) is 0 Å². The van der Waals surface area contributed by atoms with Crippen LogP contribution in [-0.4, -0.2) is 28.6 Å². The van der Waals surface area contributed by atoms with Gasteiger partial charge in [0.15, 0.2) is 0 Å². The molecule has 86 valence electrons. The van der Waals surface area contributed by atoms with E-state index in [0.29, 0.717) is 30.3 Å². The lowest BCUT2D eigenvalue weighted by Crippen LogP contribution is -2.09. The Labute approximate surface area is 94.8 Å². The molecule has 1 rings (SSSR count). The highest BCUT2D eigenvalue weighted by atomic mass is 35.5. The molecule has 0 fully saturated rings. The number of hydrogen-bond donors (Lipinski definition) is 1. The van der Waals surface area contributed by atoms with Gasteiger partial charge in [0.2, 0.25) is 0 Å². The number of aliphatic hydroxyl groups is 1. The normalized spacial score (nSPS) is 13.1. The molecule has 0 radical (unpaired) electrons. The summed E-state index contributed by atoms with van der Waals surface area (Å²) in [4.78, 5) is 0. The molecule has 1 atom stereocenters. The summed E-state index contributed by atoms with van der Waals surface area (Å²) in [6.45, 7) is 3.33. The first kappa shape index (κ1) is 12.5. The molecule has 0 aliphatic rings. The van der Waals surface area contributed by atoms with E-state index < -0.39 is 6.10 Å². The van der Waals surface area contributed by atoms with Crippen molar-refractivity contribution in [2.75, 3.05) is 13.7 Å². The first-order chi connectivity index (χ1) is 7.20. The molecule has 0 aliphatic carbocycles. The Balaban J connectivity index is 2.63. The third-order valence-electron chi connectivity index (χ3n) is 2.27. The topological polar surface area (TPSA) is 47.3 Å². The molecule has 4 nitrogen and oxygen atoms in total. The van der Waals surface area contributed by atoms with Crippen molar-refractivity contribution in [1.82, 2.24) is 9.78 Å². The Morgan fingerprint density at radius 2 is 2.40 bits per heavy atom. The summed E-state index contributed by atoms with van der Waals surface area (Å²) in [5, 5.41) is 14.5. The molecule has 1 N–H and O–H groups in total. The maximum absolute atomic E-state index is 9.93. The van der Waals surface area contributed by atoms with E-state index in [2.05, 4.69) is 5.10 Å². The number of hydrogen-bond acceptors (Lipinski definition) is 3. The summed E-state index contributed by atoms with van der Waals surface area (Å²) in [6.07, 6.45) is 2.46. The van der Waals surface area contributed by atoms with Crippen molar-refractivity contribution in [2.45, 2.75) is 32.4 Å². The zero-order valence-corrected chi connectivity index (χ0v) is 9.87. The standard InChI is InChI=1S/C10H17ClN2O2/c1-3-13-10(8(11)7-12-13)9(14)5-4-6-15-2/h7,9,14H,3-6H2,1-2H3. The minimum Gasteiger partial charge on any atom is -0.387 e.